The highest BCUT2D eigenvalue weighted by Crippen LogP contribution is 2.32. The van der Waals surface area contributed by atoms with E-state index < -0.39 is 0 Å². The van der Waals surface area contributed by atoms with Crippen molar-refractivity contribution in [1.29, 1.82) is 0 Å². The SMILES string of the molecule is COc1ccc(Br)c(C(=O)N[C@@H]2CCOc3ccccc32)c1. The molecule has 2 aromatic rings. The fourth-order valence-corrected chi connectivity index (χ4v) is 2.96. The molecule has 0 saturated heterocycles. The summed E-state index contributed by atoms with van der Waals surface area (Å²) in [5.74, 6) is 1.36. The van der Waals surface area contributed by atoms with E-state index in [1.165, 1.54) is 0 Å². The zero-order valence-electron chi connectivity index (χ0n) is 12.1. The van der Waals surface area contributed by atoms with Crippen LogP contribution in [0.4, 0.5) is 0 Å². The van der Waals surface area contributed by atoms with Crippen LogP contribution in [0.5, 0.6) is 11.5 Å². The van der Waals surface area contributed by atoms with Crippen LogP contribution in [-0.2, 0) is 0 Å². The number of para-hydroxylation sites is 1. The van der Waals surface area contributed by atoms with Crippen LogP contribution >= 0.6 is 15.9 Å². The molecule has 0 spiro atoms. The summed E-state index contributed by atoms with van der Waals surface area (Å²) in [6.45, 7) is 0.598. The lowest BCUT2D eigenvalue weighted by Gasteiger charge is -2.26. The first-order valence-electron chi connectivity index (χ1n) is 7.05. The van der Waals surface area contributed by atoms with Gasteiger partial charge in [0.2, 0.25) is 0 Å². The van der Waals surface area contributed by atoms with Gasteiger partial charge in [-0.3, -0.25) is 4.79 Å². The lowest BCUT2D eigenvalue weighted by molar-refractivity contribution is 0.0923. The molecule has 1 atom stereocenters. The van der Waals surface area contributed by atoms with Gasteiger partial charge in [-0.15, -0.1) is 0 Å². The van der Waals surface area contributed by atoms with Crippen LogP contribution in [0.3, 0.4) is 0 Å². The monoisotopic (exact) mass is 361 g/mol. The molecule has 0 aromatic heterocycles. The van der Waals surface area contributed by atoms with Gasteiger partial charge in [0.15, 0.2) is 0 Å². The lowest BCUT2D eigenvalue weighted by Crippen LogP contribution is -2.32. The fourth-order valence-electron chi connectivity index (χ4n) is 2.53. The van der Waals surface area contributed by atoms with E-state index in [1.54, 1.807) is 13.2 Å². The first kappa shape index (κ1) is 14.9. The van der Waals surface area contributed by atoms with Crippen LogP contribution in [0, 0.1) is 0 Å². The predicted octanol–water partition coefficient (Wildman–Crippen LogP) is 3.71. The van der Waals surface area contributed by atoms with Crippen molar-refractivity contribution in [1.82, 2.24) is 5.32 Å². The third-order valence-corrected chi connectivity index (χ3v) is 4.37. The normalized spacial score (nSPS) is 16.4. The summed E-state index contributed by atoms with van der Waals surface area (Å²) in [4.78, 5) is 12.6. The number of hydrogen-bond donors (Lipinski definition) is 1. The molecule has 0 fully saturated rings. The Kier molecular flexibility index (Phi) is 4.34. The van der Waals surface area contributed by atoms with Crippen molar-refractivity contribution < 1.29 is 14.3 Å². The zero-order chi connectivity index (χ0) is 15.5. The summed E-state index contributed by atoms with van der Waals surface area (Å²) in [6.07, 6.45) is 0.754. The maximum Gasteiger partial charge on any atom is 0.253 e. The number of methoxy groups -OCH3 is 1. The topological polar surface area (TPSA) is 47.6 Å². The Labute approximate surface area is 137 Å². The Hall–Kier alpha value is -2.01. The molecule has 3 rings (SSSR count). The maximum absolute atomic E-state index is 12.6. The molecule has 4 nitrogen and oxygen atoms in total. The molecule has 2 aromatic carbocycles. The number of fused-ring (bicyclic) bond motifs is 1. The van der Waals surface area contributed by atoms with E-state index >= 15 is 0 Å². The first-order valence-corrected chi connectivity index (χ1v) is 7.84. The molecule has 1 aliphatic heterocycles. The highest BCUT2D eigenvalue weighted by molar-refractivity contribution is 9.10. The Morgan fingerprint density at radius 1 is 1.32 bits per heavy atom. The molecule has 0 aliphatic carbocycles. The number of ether oxygens (including phenoxy) is 2. The molecular formula is C17H16BrNO3. The second kappa shape index (κ2) is 6.40. The Bertz CT molecular complexity index is 702. The van der Waals surface area contributed by atoms with Gasteiger partial charge in [0.1, 0.15) is 11.5 Å². The summed E-state index contributed by atoms with van der Waals surface area (Å²) in [7, 11) is 1.58. The number of nitrogens with one attached hydrogen (secondary N) is 1. The van der Waals surface area contributed by atoms with Gasteiger partial charge in [0, 0.05) is 16.5 Å². The van der Waals surface area contributed by atoms with E-state index in [0.29, 0.717) is 17.9 Å². The van der Waals surface area contributed by atoms with Crippen LogP contribution in [-0.4, -0.2) is 19.6 Å². The number of rotatable bonds is 3. The van der Waals surface area contributed by atoms with E-state index in [1.807, 2.05) is 36.4 Å². The standard InChI is InChI=1S/C17H16BrNO3/c1-21-11-6-7-14(18)13(10-11)17(20)19-15-8-9-22-16-5-3-2-4-12(15)16/h2-7,10,15H,8-9H2,1H3,(H,19,20)/t15-/m1/s1. The number of benzene rings is 2. The van der Waals surface area contributed by atoms with Crippen molar-refractivity contribution in [2.45, 2.75) is 12.5 Å². The summed E-state index contributed by atoms with van der Waals surface area (Å²) in [5.41, 5.74) is 1.57. The summed E-state index contributed by atoms with van der Waals surface area (Å²) in [6, 6.07) is 13.1. The highest BCUT2D eigenvalue weighted by Gasteiger charge is 2.23. The van der Waals surface area contributed by atoms with E-state index in [2.05, 4.69) is 21.2 Å². The van der Waals surface area contributed by atoms with Gasteiger partial charge in [0.25, 0.3) is 5.91 Å². The van der Waals surface area contributed by atoms with Crippen LogP contribution in [0.25, 0.3) is 0 Å². The summed E-state index contributed by atoms with van der Waals surface area (Å²) in [5, 5.41) is 3.08. The molecule has 5 heteroatoms. The Balaban J connectivity index is 1.84. The molecule has 22 heavy (non-hydrogen) atoms. The average Bonchev–Trinajstić information content (AvgIpc) is 2.55. The molecule has 1 N–H and O–H groups in total. The summed E-state index contributed by atoms with van der Waals surface area (Å²) >= 11 is 3.42. The van der Waals surface area contributed by atoms with Crippen molar-refractivity contribution in [3.8, 4) is 11.5 Å². The molecular weight excluding hydrogens is 346 g/mol. The number of carbonyl (C=O) groups is 1. The predicted molar refractivity (Wildman–Crippen MR) is 87.5 cm³/mol. The number of hydrogen-bond acceptors (Lipinski definition) is 3. The van der Waals surface area contributed by atoms with Gasteiger partial charge >= 0.3 is 0 Å². The minimum absolute atomic E-state index is 0.0458. The largest absolute Gasteiger partial charge is 0.497 e. The zero-order valence-corrected chi connectivity index (χ0v) is 13.7. The van der Waals surface area contributed by atoms with Crippen molar-refractivity contribution in [3.05, 3.63) is 58.1 Å². The van der Waals surface area contributed by atoms with Crippen molar-refractivity contribution in [3.63, 3.8) is 0 Å². The molecule has 0 bridgehead atoms. The van der Waals surface area contributed by atoms with Gasteiger partial charge < -0.3 is 14.8 Å². The number of carbonyl (C=O) groups excluding carboxylic acids is 1. The minimum atomic E-state index is -0.132. The number of amides is 1. The molecule has 0 unspecified atom stereocenters. The maximum atomic E-state index is 12.6. The second-order valence-electron chi connectivity index (χ2n) is 5.05. The first-order chi connectivity index (χ1) is 10.7. The minimum Gasteiger partial charge on any atom is -0.497 e. The van der Waals surface area contributed by atoms with Crippen LogP contribution in [0.1, 0.15) is 28.4 Å². The smallest absolute Gasteiger partial charge is 0.253 e. The third kappa shape index (κ3) is 2.95. The third-order valence-electron chi connectivity index (χ3n) is 3.68. The number of halogens is 1. The van der Waals surface area contributed by atoms with Crippen LogP contribution in [0.15, 0.2) is 46.9 Å². The Morgan fingerprint density at radius 2 is 2.14 bits per heavy atom. The van der Waals surface area contributed by atoms with Gasteiger partial charge in [-0.1, -0.05) is 18.2 Å². The molecule has 0 radical (unpaired) electrons. The van der Waals surface area contributed by atoms with E-state index in [4.69, 9.17) is 9.47 Å². The highest BCUT2D eigenvalue weighted by atomic mass is 79.9. The average molecular weight is 362 g/mol. The quantitative estimate of drug-likeness (QED) is 0.906. The van der Waals surface area contributed by atoms with Gasteiger partial charge in [-0.25, -0.2) is 0 Å². The molecule has 1 amide bonds. The van der Waals surface area contributed by atoms with Gasteiger partial charge in [-0.2, -0.15) is 0 Å². The van der Waals surface area contributed by atoms with Crippen LogP contribution in [0.2, 0.25) is 0 Å². The second-order valence-corrected chi connectivity index (χ2v) is 5.90. The van der Waals surface area contributed by atoms with E-state index in [9.17, 15) is 4.79 Å². The summed E-state index contributed by atoms with van der Waals surface area (Å²) < 4.78 is 11.5. The van der Waals surface area contributed by atoms with Crippen molar-refractivity contribution >= 4 is 21.8 Å². The van der Waals surface area contributed by atoms with Crippen LogP contribution < -0.4 is 14.8 Å². The molecule has 1 aliphatic rings. The Morgan fingerprint density at radius 3 is 2.95 bits per heavy atom. The van der Waals surface area contributed by atoms with Gasteiger partial charge in [0.05, 0.1) is 25.3 Å². The molecule has 0 saturated carbocycles. The van der Waals surface area contributed by atoms with E-state index in [-0.39, 0.29) is 11.9 Å². The molecule has 1 heterocycles. The van der Waals surface area contributed by atoms with Gasteiger partial charge in [-0.05, 0) is 40.2 Å². The lowest BCUT2D eigenvalue weighted by atomic mass is 10.00. The fraction of sp³-hybridized carbons (Fsp3) is 0.235. The molecule has 114 valence electrons. The van der Waals surface area contributed by atoms with E-state index in [0.717, 1.165) is 22.2 Å². The van der Waals surface area contributed by atoms with Crippen molar-refractivity contribution in [2.24, 2.45) is 0 Å². The van der Waals surface area contributed by atoms with Crippen molar-refractivity contribution in [2.75, 3.05) is 13.7 Å².